The molecule has 25 heavy (non-hydrogen) atoms. The smallest absolute Gasteiger partial charge is 0.264 e. The molecule has 0 saturated carbocycles. The van der Waals surface area contributed by atoms with Gasteiger partial charge in [0.15, 0.2) is 0 Å². The third kappa shape index (κ3) is 4.21. The van der Waals surface area contributed by atoms with Crippen LogP contribution in [0.1, 0.15) is 9.67 Å². The maximum atomic E-state index is 13.6. The Morgan fingerprint density at radius 3 is 2.32 bits per heavy atom. The van der Waals surface area contributed by atoms with Gasteiger partial charge < -0.3 is 10.2 Å². The first-order valence-corrected chi connectivity index (χ1v) is 8.71. The highest BCUT2D eigenvalue weighted by Gasteiger charge is 2.24. The molecule has 2 heterocycles. The fourth-order valence-corrected chi connectivity index (χ4v) is 3.36. The molecule has 1 aromatic carbocycles. The van der Waals surface area contributed by atoms with Gasteiger partial charge in [-0.2, -0.15) is 0 Å². The molecule has 0 spiro atoms. The molecule has 5 nitrogen and oxygen atoms in total. The zero-order valence-electron chi connectivity index (χ0n) is 13.4. The normalized spacial score (nSPS) is 15.2. The summed E-state index contributed by atoms with van der Waals surface area (Å²) >= 11 is 1.40. The van der Waals surface area contributed by atoms with E-state index in [-0.39, 0.29) is 12.5 Å². The van der Waals surface area contributed by atoms with Crippen LogP contribution in [0.4, 0.5) is 14.5 Å². The highest BCUT2D eigenvalue weighted by molar-refractivity contribution is 7.12. The molecule has 1 saturated heterocycles. The van der Waals surface area contributed by atoms with Crippen LogP contribution in [-0.4, -0.2) is 54.3 Å². The van der Waals surface area contributed by atoms with E-state index in [0.29, 0.717) is 31.1 Å². The lowest BCUT2D eigenvalue weighted by molar-refractivity contribution is -0.117. The molecule has 1 aliphatic heterocycles. The summed E-state index contributed by atoms with van der Waals surface area (Å²) in [5.74, 6) is -2.10. The van der Waals surface area contributed by atoms with Gasteiger partial charge in [-0.1, -0.05) is 12.1 Å². The van der Waals surface area contributed by atoms with Crippen LogP contribution in [0, 0.1) is 11.6 Å². The summed E-state index contributed by atoms with van der Waals surface area (Å²) in [7, 11) is 0. The van der Waals surface area contributed by atoms with E-state index >= 15 is 0 Å². The van der Waals surface area contributed by atoms with Gasteiger partial charge in [0, 0.05) is 26.2 Å². The number of nitrogens with one attached hydrogen (secondary N) is 1. The van der Waals surface area contributed by atoms with Crippen molar-refractivity contribution in [3.8, 4) is 0 Å². The van der Waals surface area contributed by atoms with Gasteiger partial charge in [-0.3, -0.25) is 14.5 Å². The van der Waals surface area contributed by atoms with Gasteiger partial charge in [0.2, 0.25) is 5.91 Å². The highest BCUT2D eigenvalue weighted by atomic mass is 32.1. The van der Waals surface area contributed by atoms with Crippen molar-refractivity contribution in [2.24, 2.45) is 0 Å². The van der Waals surface area contributed by atoms with E-state index in [1.165, 1.54) is 17.4 Å². The van der Waals surface area contributed by atoms with Gasteiger partial charge in [0.25, 0.3) is 5.91 Å². The maximum absolute atomic E-state index is 13.6. The average molecular weight is 365 g/mol. The van der Waals surface area contributed by atoms with Gasteiger partial charge in [-0.05, 0) is 23.6 Å². The molecule has 8 heteroatoms. The summed E-state index contributed by atoms with van der Waals surface area (Å²) in [6, 6.07) is 7.04. The van der Waals surface area contributed by atoms with Crippen LogP contribution >= 0.6 is 11.3 Å². The molecule has 0 aliphatic carbocycles. The molecule has 0 radical (unpaired) electrons. The Hall–Kier alpha value is -2.32. The average Bonchev–Trinajstić information content (AvgIpc) is 3.13. The zero-order chi connectivity index (χ0) is 17.8. The maximum Gasteiger partial charge on any atom is 0.264 e. The number of nitrogens with zero attached hydrogens (tertiary/aromatic N) is 2. The lowest BCUT2D eigenvalue weighted by atomic mass is 10.2. The SMILES string of the molecule is O=C(CN1CCN(C(=O)c2cccs2)CC1)Nc1c(F)cccc1F. The number of hydrogen-bond donors (Lipinski definition) is 1. The summed E-state index contributed by atoms with van der Waals surface area (Å²) < 4.78 is 27.1. The monoisotopic (exact) mass is 365 g/mol. The van der Waals surface area contributed by atoms with Crippen LogP contribution < -0.4 is 5.32 Å². The third-order valence-electron chi connectivity index (χ3n) is 3.99. The van der Waals surface area contributed by atoms with Crippen molar-refractivity contribution in [3.05, 3.63) is 52.2 Å². The number of amides is 2. The number of benzene rings is 1. The number of rotatable bonds is 4. The van der Waals surface area contributed by atoms with E-state index in [1.807, 2.05) is 16.3 Å². The zero-order valence-corrected chi connectivity index (χ0v) is 14.2. The molecule has 0 unspecified atom stereocenters. The van der Waals surface area contributed by atoms with Crippen LogP contribution in [0.2, 0.25) is 0 Å². The second kappa shape index (κ2) is 7.71. The first kappa shape index (κ1) is 17.5. The Kier molecular flexibility index (Phi) is 5.40. The lowest BCUT2D eigenvalue weighted by Gasteiger charge is -2.34. The predicted molar refractivity (Wildman–Crippen MR) is 91.7 cm³/mol. The van der Waals surface area contributed by atoms with Crippen molar-refractivity contribution in [1.29, 1.82) is 0 Å². The molecular formula is C17H17F2N3O2S. The standard InChI is InChI=1S/C17H17F2N3O2S/c18-12-3-1-4-13(19)16(12)20-15(23)11-21-6-8-22(9-7-21)17(24)14-5-2-10-25-14/h1-5,10H,6-9,11H2,(H,20,23). The molecule has 1 aromatic heterocycles. The predicted octanol–water partition coefficient (Wildman–Crippen LogP) is 2.42. The third-order valence-corrected chi connectivity index (χ3v) is 4.84. The Balaban J connectivity index is 1.50. The van der Waals surface area contributed by atoms with Crippen molar-refractivity contribution >= 4 is 28.8 Å². The number of halogens is 2. The minimum atomic E-state index is -0.806. The van der Waals surface area contributed by atoms with Crippen LogP contribution in [0.15, 0.2) is 35.7 Å². The van der Waals surface area contributed by atoms with Crippen molar-refractivity contribution in [2.45, 2.75) is 0 Å². The van der Waals surface area contributed by atoms with Gasteiger partial charge in [-0.15, -0.1) is 11.3 Å². The Morgan fingerprint density at radius 2 is 1.72 bits per heavy atom. The van der Waals surface area contributed by atoms with E-state index in [9.17, 15) is 18.4 Å². The molecule has 0 bridgehead atoms. The lowest BCUT2D eigenvalue weighted by Crippen LogP contribution is -2.50. The molecule has 0 atom stereocenters. The number of piperazine rings is 1. The minimum absolute atomic E-state index is 0.00692. The minimum Gasteiger partial charge on any atom is -0.335 e. The number of para-hydroxylation sites is 1. The first-order chi connectivity index (χ1) is 12.0. The van der Waals surface area contributed by atoms with E-state index in [0.717, 1.165) is 12.1 Å². The number of hydrogen-bond acceptors (Lipinski definition) is 4. The fourth-order valence-electron chi connectivity index (χ4n) is 2.66. The van der Waals surface area contributed by atoms with Crippen LogP contribution in [0.5, 0.6) is 0 Å². The molecular weight excluding hydrogens is 348 g/mol. The Morgan fingerprint density at radius 1 is 1.04 bits per heavy atom. The van der Waals surface area contributed by atoms with E-state index in [2.05, 4.69) is 5.32 Å². The van der Waals surface area contributed by atoms with Crippen LogP contribution in [-0.2, 0) is 4.79 Å². The van der Waals surface area contributed by atoms with Gasteiger partial charge >= 0.3 is 0 Å². The number of carbonyl (C=O) groups is 2. The summed E-state index contributed by atoms with van der Waals surface area (Å²) in [6.45, 7) is 2.11. The summed E-state index contributed by atoms with van der Waals surface area (Å²) in [5.41, 5.74) is -0.431. The summed E-state index contributed by atoms with van der Waals surface area (Å²) in [4.78, 5) is 28.6. The summed E-state index contributed by atoms with van der Waals surface area (Å²) in [5, 5.41) is 4.13. The second-order valence-corrected chi connectivity index (χ2v) is 6.64. The van der Waals surface area contributed by atoms with Crippen molar-refractivity contribution in [2.75, 3.05) is 38.0 Å². The number of anilines is 1. The van der Waals surface area contributed by atoms with Gasteiger partial charge in [-0.25, -0.2) is 8.78 Å². The molecule has 132 valence electrons. The molecule has 2 aromatic rings. The van der Waals surface area contributed by atoms with Gasteiger partial charge in [0.1, 0.15) is 17.3 Å². The van der Waals surface area contributed by atoms with Crippen LogP contribution in [0.3, 0.4) is 0 Å². The quantitative estimate of drug-likeness (QED) is 0.905. The van der Waals surface area contributed by atoms with E-state index in [4.69, 9.17) is 0 Å². The van der Waals surface area contributed by atoms with Crippen molar-refractivity contribution < 1.29 is 18.4 Å². The number of carbonyl (C=O) groups excluding carboxylic acids is 2. The molecule has 1 fully saturated rings. The van der Waals surface area contributed by atoms with E-state index < -0.39 is 23.2 Å². The first-order valence-electron chi connectivity index (χ1n) is 7.83. The number of thiophene rings is 1. The topological polar surface area (TPSA) is 52.7 Å². The van der Waals surface area contributed by atoms with Crippen molar-refractivity contribution in [3.63, 3.8) is 0 Å². The molecule has 1 aliphatic rings. The summed E-state index contributed by atoms with van der Waals surface area (Å²) in [6.07, 6.45) is 0. The molecule has 2 amide bonds. The largest absolute Gasteiger partial charge is 0.335 e. The highest BCUT2D eigenvalue weighted by Crippen LogP contribution is 2.18. The fraction of sp³-hybridized carbons (Fsp3) is 0.294. The van der Waals surface area contributed by atoms with Gasteiger partial charge in [0.05, 0.1) is 11.4 Å². The Labute approximate surface area is 147 Å². The van der Waals surface area contributed by atoms with Crippen LogP contribution in [0.25, 0.3) is 0 Å². The van der Waals surface area contributed by atoms with E-state index in [1.54, 1.807) is 11.0 Å². The Bertz CT molecular complexity index is 739. The molecule has 3 rings (SSSR count). The second-order valence-electron chi connectivity index (χ2n) is 5.69. The van der Waals surface area contributed by atoms with Crippen molar-refractivity contribution in [1.82, 2.24) is 9.80 Å². The molecule has 1 N–H and O–H groups in total.